The van der Waals surface area contributed by atoms with Crippen molar-refractivity contribution in [3.05, 3.63) is 53.1 Å². The molecule has 0 bridgehead atoms. The lowest BCUT2D eigenvalue weighted by Crippen LogP contribution is -1.94. The molecule has 0 spiro atoms. The number of hydrogen-bond acceptors (Lipinski definition) is 3. The number of ether oxygens (including phenoxy) is 2. The van der Waals surface area contributed by atoms with Gasteiger partial charge < -0.3 is 9.47 Å². The second-order valence-corrected chi connectivity index (χ2v) is 5.84. The van der Waals surface area contributed by atoms with Gasteiger partial charge in [0.05, 0.1) is 25.4 Å². The molecule has 0 aliphatic rings. The van der Waals surface area contributed by atoms with E-state index in [1.807, 2.05) is 12.1 Å². The van der Waals surface area contributed by atoms with Crippen molar-refractivity contribution in [3.8, 4) is 22.8 Å². The van der Waals surface area contributed by atoms with E-state index in [-0.39, 0.29) is 0 Å². The highest BCUT2D eigenvalue weighted by Crippen LogP contribution is 2.33. The molecule has 0 radical (unpaired) electrons. The quantitative estimate of drug-likeness (QED) is 0.693. The Morgan fingerprint density at radius 1 is 0.783 bits per heavy atom. The maximum atomic E-state index is 5.45. The number of hydrogen-bond donors (Lipinski definition) is 0. The molecule has 0 aliphatic carbocycles. The van der Waals surface area contributed by atoms with E-state index >= 15 is 0 Å². The molecular formula is C20H21NO2. The first-order chi connectivity index (χ1) is 11.0. The topological polar surface area (TPSA) is 31.4 Å². The summed E-state index contributed by atoms with van der Waals surface area (Å²) in [6.45, 7) is 6.39. The second-order valence-electron chi connectivity index (χ2n) is 5.84. The van der Waals surface area contributed by atoms with Crippen LogP contribution in [-0.2, 0) is 0 Å². The Bertz CT molecular complexity index is 884. The van der Waals surface area contributed by atoms with Gasteiger partial charge in [0, 0.05) is 23.1 Å². The summed E-state index contributed by atoms with van der Waals surface area (Å²) in [6.07, 6.45) is 0. The summed E-state index contributed by atoms with van der Waals surface area (Å²) < 4.78 is 10.8. The van der Waals surface area contributed by atoms with E-state index in [4.69, 9.17) is 14.5 Å². The zero-order valence-corrected chi connectivity index (χ0v) is 14.2. The van der Waals surface area contributed by atoms with E-state index in [9.17, 15) is 0 Å². The average molecular weight is 307 g/mol. The monoisotopic (exact) mass is 307 g/mol. The van der Waals surface area contributed by atoms with Crippen LogP contribution in [0.4, 0.5) is 0 Å². The van der Waals surface area contributed by atoms with Crippen molar-refractivity contribution < 1.29 is 9.47 Å². The average Bonchev–Trinajstić information content (AvgIpc) is 2.56. The predicted molar refractivity (Wildman–Crippen MR) is 94.5 cm³/mol. The van der Waals surface area contributed by atoms with Gasteiger partial charge in [0.25, 0.3) is 0 Å². The molecule has 3 rings (SSSR count). The number of rotatable bonds is 3. The molecule has 0 saturated carbocycles. The fourth-order valence-corrected chi connectivity index (χ4v) is 2.85. The van der Waals surface area contributed by atoms with Crippen LogP contribution in [0, 0.1) is 20.8 Å². The summed E-state index contributed by atoms with van der Waals surface area (Å²) in [5.74, 6) is 1.52. The Morgan fingerprint density at radius 3 is 2.22 bits per heavy atom. The van der Waals surface area contributed by atoms with Crippen LogP contribution in [0.25, 0.3) is 22.2 Å². The lowest BCUT2D eigenvalue weighted by molar-refractivity contribution is 0.398. The number of nitrogens with zero attached hydrogens (tertiary/aromatic N) is 1. The number of fused-ring (bicyclic) bond motifs is 1. The predicted octanol–water partition coefficient (Wildman–Crippen LogP) is 4.84. The minimum atomic E-state index is 0.746. The minimum Gasteiger partial charge on any atom is -0.497 e. The first kappa shape index (κ1) is 15.3. The van der Waals surface area contributed by atoms with Crippen LogP contribution in [0.5, 0.6) is 11.5 Å². The Labute approximate surface area is 136 Å². The molecule has 1 aromatic heterocycles. The second kappa shape index (κ2) is 5.92. The van der Waals surface area contributed by atoms with Gasteiger partial charge in [-0.3, -0.25) is 0 Å². The van der Waals surface area contributed by atoms with Crippen LogP contribution < -0.4 is 9.47 Å². The highest BCUT2D eigenvalue weighted by Gasteiger charge is 2.10. The minimum absolute atomic E-state index is 0.746. The highest BCUT2D eigenvalue weighted by molar-refractivity contribution is 5.89. The standard InChI is InChI=1S/C20H21NO2/c1-12-8-14(3)17(9-13(12)2)18-7-6-16-19(21-18)10-15(22-4)11-20(16)23-5/h6-11H,1-5H3. The molecule has 3 heteroatoms. The first-order valence-corrected chi connectivity index (χ1v) is 7.64. The van der Waals surface area contributed by atoms with Gasteiger partial charge in [0.1, 0.15) is 11.5 Å². The van der Waals surface area contributed by atoms with Crippen molar-refractivity contribution in [3.63, 3.8) is 0 Å². The van der Waals surface area contributed by atoms with Crippen molar-refractivity contribution in [1.29, 1.82) is 0 Å². The summed E-state index contributed by atoms with van der Waals surface area (Å²) >= 11 is 0. The molecule has 23 heavy (non-hydrogen) atoms. The van der Waals surface area contributed by atoms with Crippen LogP contribution >= 0.6 is 0 Å². The molecule has 0 atom stereocenters. The van der Waals surface area contributed by atoms with Crippen LogP contribution in [0.15, 0.2) is 36.4 Å². The lowest BCUT2D eigenvalue weighted by atomic mass is 9.98. The van der Waals surface area contributed by atoms with Gasteiger partial charge in [-0.25, -0.2) is 4.98 Å². The van der Waals surface area contributed by atoms with Crippen molar-refractivity contribution >= 4 is 10.9 Å². The molecule has 0 aliphatic heterocycles. The zero-order chi connectivity index (χ0) is 16.6. The molecule has 0 amide bonds. The van der Waals surface area contributed by atoms with E-state index in [0.29, 0.717) is 0 Å². The van der Waals surface area contributed by atoms with Crippen molar-refractivity contribution in [2.75, 3.05) is 14.2 Å². The third-order valence-corrected chi connectivity index (χ3v) is 4.31. The first-order valence-electron chi connectivity index (χ1n) is 7.64. The summed E-state index contributed by atoms with van der Waals surface area (Å²) in [7, 11) is 3.31. The molecule has 0 saturated heterocycles. The van der Waals surface area contributed by atoms with E-state index in [2.05, 4.69) is 45.0 Å². The molecule has 2 aromatic carbocycles. The Hall–Kier alpha value is -2.55. The molecule has 3 aromatic rings. The van der Waals surface area contributed by atoms with Crippen molar-refractivity contribution in [2.45, 2.75) is 20.8 Å². The fraction of sp³-hybridized carbons (Fsp3) is 0.250. The lowest BCUT2D eigenvalue weighted by Gasteiger charge is -2.12. The van der Waals surface area contributed by atoms with E-state index in [1.165, 1.54) is 16.7 Å². The molecular weight excluding hydrogens is 286 g/mol. The molecule has 0 unspecified atom stereocenters. The van der Waals surface area contributed by atoms with Gasteiger partial charge in [0.2, 0.25) is 0 Å². The number of aryl methyl sites for hydroxylation is 3. The van der Waals surface area contributed by atoms with Gasteiger partial charge in [-0.2, -0.15) is 0 Å². The number of benzene rings is 2. The third-order valence-electron chi connectivity index (χ3n) is 4.31. The van der Waals surface area contributed by atoms with Gasteiger partial charge in [-0.15, -0.1) is 0 Å². The summed E-state index contributed by atoms with van der Waals surface area (Å²) in [6, 6.07) is 12.3. The van der Waals surface area contributed by atoms with Crippen LogP contribution in [0.3, 0.4) is 0 Å². The number of methoxy groups -OCH3 is 2. The Balaban J connectivity index is 2.22. The van der Waals surface area contributed by atoms with E-state index in [0.717, 1.165) is 33.7 Å². The maximum absolute atomic E-state index is 5.45. The zero-order valence-electron chi connectivity index (χ0n) is 14.2. The SMILES string of the molecule is COc1cc(OC)c2ccc(-c3cc(C)c(C)cc3C)nc2c1. The van der Waals surface area contributed by atoms with Gasteiger partial charge in [-0.05, 0) is 55.7 Å². The molecule has 0 fully saturated rings. The fourth-order valence-electron chi connectivity index (χ4n) is 2.85. The highest BCUT2D eigenvalue weighted by atomic mass is 16.5. The molecule has 1 heterocycles. The third kappa shape index (κ3) is 2.74. The Kier molecular flexibility index (Phi) is 3.95. The van der Waals surface area contributed by atoms with Crippen LogP contribution in [0.2, 0.25) is 0 Å². The summed E-state index contributed by atoms with van der Waals surface area (Å²) in [5.41, 5.74) is 6.81. The molecule has 118 valence electrons. The van der Waals surface area contributed by atoms with E-state index < -0.39 is 0 Å². The van der Waals surface area contributed by atoms with Gasteiger partial charge in [0.15, 0.2) is 0 Å². The number of aromatic nitrogens is 1. The smallest absolute Gasteiger partial charge is 0.131 e. The molecule has 0 N–H and O–H groups in total. The van der Waals surface area contributed by atoms with Crippen molar-refractivity contribution in [2.24, 2.45) is 0 Å². The van der Waals surface area contributed by atoms with Gasteiger partial charge >= 0.3 is 0 Å². The largest absolute Gasteiger partial charge is 0.497 e. The molecule has 3 nitrogen and oxygen atoms in total. The van der Waals surface area contributed by atoms with Crippen LogP contribution in [-0.4, -0.2) is 19.2 Å². The van der Waals surface area contributed by atoms with E-state index in [1.54, 1.807) is 14.2 Å². The normalized spacial score (nSPS) is 10.8. The summed E-state index contributed by atoms with van der Waals surface area (Å²) in [5, 5.41) is 0.985. The van der Waals surface area contributed by atoms with Crippen LogP contribution in [0.1, 0.15) is 16.7 Å². The number of pyridine rings is 1. The Morgan fingerprint density at radius 2 is 1.52 bits per heavy atom. The summed E-state index contributed by atoms with van der Waals surface area (Å²) in [4.78, 5) is 4.83. The van der Waals surface area contributed by atoms with Crippen molar-refractivity contribution in [1.82, 2.24) is 4.98 Å². The maximum Gasteiger partial charge on any atom is 0.131 e. The van der Waals surface area contributed by atoms with Gasteiger partial charge in [-0.1, -0.05) is 6.07 Å².